The number of pyridine rings is 1. The third-order valence-electron chi connectivity index (χ3n) is 15.5. The first-order valence-electron chi connectivity index (χ1n) is 24.6. The smallest absolute Gasteiger partial charge is 0.471 e. The molecular weight excluding hydrogens is 933 g/mol. The highest BCUT2D eigenvalue weighted by Gasteiger charge is 2.60. The number of halogens is 4. The summed E-state index contributed by atoms with van der Waals surface area (Å²) in [5, 5.41) is 0.112. The molecule has 2 amide bonds. The Morgan fingerprint density at radius 1 is 0.901 bits per heavy atom. The predicted molar refractivity (Wildman–Crippen MR) is 264 cm³/mol. The van der Waals surface area contributed by atoms with Gasteiger partial charge in [-0.1, -0.05) is 49.7 Å². The van der Waals surface area contributed by atoms with Gasteiger partial charge >= 0.3 is 18.1 Å². The molecule has 2 fully saturated rings. The molecule has 5 aromatic rings. The molecule has 0 unspecified atom stereocenters. The van der Waals surface area contributed by atoms with Gasteiger partial charge in [-0.25, -0.2) is 14.8 Å². The fourth-order valence-corrected chi connectivity index (χ4v) is 12.1. The molecule has 3 atom stereocenters. The van der Waals surface area contributed by atoms with Crippen molar-refractivity contribution in [3.05, 3.63) is 130 Å². The number of rotatable bonds is 13. The number of para-hydroxylation sites is 1. The molecule has 9 rings (SSSR count). The van der Waals surface area contributed by atoms with Crippen LogP contribution >= 0.6 is 11.6 Å². The monoisotopic (exact) mass is 992 g/mol. The number of carbonyl (C=O) groups is 3. The summed E-state index contributed by atoms with van der Waals surface area (Å²) in [7, 11) is 2.75. The van der Waals surface area contributed by atoms with Crippen LogP contribution in [0.4, 0.5) is 18.9 Å². The number of benzene rings is 3. The molecule has 3 heterocycles. The van der Waals surface area contributed by atoms with Crippen LogP contribution in [0.3, 0.4) is 0 Å². The quantitative estimate of drug-likeness (QED) is 0.105. The number of aryl methyl sites for hydroxylation is 1. The molecule has 1 saturated heterocycles. The van der Waals surface area contributed by atoms with E-state index in [-0.39, 0.29) is 54.1 Å². The SMILES string of the molecule is COC(=O)C1(N(C(=O)C(F)(F)F)c2cccc(Cl)c2)CCC2(CC1)c1cc(C(=O)N3CCN(Cc4ccnc(-c5ccccc5OC)n4)CC3)ccc1C[C@@H]2C[C@@H](C)COc1ccnc2c1[C@H](C)CCC2. The van der Waals surface area contributed by atoms with E-state index in [1.54, 1.807) is 13.3 Å². The molecule has 16 heteroatoms. The summed E-state index contributed by atoms with van der Waals surface area (Å²) in [6.07, 6.45) is 2.97. The molecule has 374 valence electrons. The lowest BCUT2D eigenvalue weighted by Crippen LogP contribution is -2.63. The average molecular weight is 994 g/mol. The number of alkyl halides is 3. The predicted octanol–water partition coefficient (Wildman–Crippen LogP) is 10.2. The fraction of sp³-hybridized carbons (Fsp3) is 0.455. The molecule has 4 aliphatic rings. The summed E-state index contributed by atoms with van der Waals surface area (Å²) in [5.41, 5.74) is 3.66. The van der Waals surface area contributed by atoms with Gasteiger partial charge in [-0.15, -0.1) is 0 Å². The summed E-state index contributed by atoms with van der Waals surface area (Å²) in [4.78, 5) is 60.9. The Morgan fingerprint density at radius 3 is 2.39 bits per heavy atom. The van der Waals surface area contributed by atoms with Crippen molar-refractivity contribution in [2.75, 3.05) is 51.9 Å². The van der Waals surface area contributed by atoms with Crippen molar-refractivity contribution >= 4 is 35.1 Å². The Labute approximate surface area is 417 Å². The second-order valence-electron chi connectivity index (χ2n) is 19.8. The first kappa shape index (κ1) is 49.9. The van der Waals surface area contributed by atoms with Crippen LogP contribution < -0.4 is 14.4 Å². The number of hydrogen-bond donors (Lipinski definition) is 0. The summed E-state index contributed by atoms with van der Waals surface area (Å²) < 4.78 is 61.3. The first-order chi connectivity index (χ1) is 34.1. The number of hydrogen-bond acceptors (Lipinski definition) is 10. The fourth-order valence-electron chi connectivity index (χ4n) is 12.0. The highest BCUT2D eigenvalue weighted by Crippen LogP contribution is 2.58. The maximum absolute atomic E-state index is 14.6. The van der Waals surface area contributed by atoms with Gasteiger partial charge < -0.3 is 19.1 Å². The molecule has 71 heavy (non-hydrogen) atoms. The van der Waals surface area contributed by atoms with Crippen molar-refractivity contribution in [2.45, 2.75) is 101 Å². The zero-order valence-electron chi connectivity index (χ0n) is 40.6. The number of esters is 1. The lowest BCUT2D eigenvalue weighted by atomic mass is 9.59. The van der Waals surface area contributed by atoms with Gasteiger partial charge in [0.05, 0.1) is 32.1 Å². The van der Waals surface area contributed by atoms with Crippen LogP contribution in [0.1, 0.15) is 103 Å². The molecular formula is C55H60ClF3N6O6. The van der Waals surface area contributed by atoms with E-state index in [1.165, 1.54) is 29.8 Å². The summed E-state index contributed by atoms with van der Waals surface area (Å²) in [5.74, 6) is -0.722. The molecule has 0 N–H and O–H groups in total. The number of aromatic nitrogens is 3. The van der Waals surface area contributed by atoms with Crippen molar-refractivity contribution in [3.8, 4) is 22.9 Å². The number of carbonyl (C=O) groups excluding carboxylic acids is 3. The number of ether oxygens (including phenoxy) is 3. The molecule has 1 saturated carbocycles. The summed E-state index contributed by atoms with van der Waals surface area (Å²) in [6.45, 7) is 7.65. The molecule has 12 nitrogen and oxygen atoms in total. The van der Waals surface area contributed by atoms with Gasteiger partial charge in [0.15, 0.2) is 5.82 Å². The van der Waals surface area contributed by atoms with Crippen molar-refractivity contribution < 1.29 is 41.8 Å². The summed E-state index contributed by atoms with van der Waals surface area (Å²) >= 11 is 6.31. The summed E-state index contributed by atoms with van der Waals surface area (Å²) in [6, 6.07) is 22.9. The number of anilines is 1. The second kappa shape index (κ2) is 20.6. The van der Waals surface area contributed by atoms with Crippen LogP contribution in [0, 0.1) is 11.8 Å². The van der Waals surface area contributed by atoms with Crippen LogP contribution in [0.2, 0.25) is 5.02 Å². The first-order valence-corrected chi connectivity index (χ1v) is 25.0. The minimum atomic E-state index is -5.31. The third kappa shape index (κ3) is 9.96. The molecule has 2 aromatic heterocycles. The van der Waals surface area contributed by atoms with Crippen molar-refractivity contribution in [1.29, 1.82) is 0 Å². The van der Waals surface area contributed by atoms with Gasteiger partial charge in [0, 0.05) is 72.6 Å². The molecule has 0 radical (unpaired) electrons. The number of methoxy groups -OCH3 is 2. The molecule has 1 aliphatic heterocycles. The number of amides is 2. The number of nitrogens with zero attached hydrogens (tertiary/aromatic N) is 6. The highest BCUT2D eigenvalue weighted by atomic mass is 35.5. The highest BCUT2D eigenvalue weighted by molar-refractivity contribution is 6.31. The van der Waals surface area contributed by atoms with Gasteiger partial charge in [-0.2, -0.15) is 13.2 Å². The third-order valence-corrected chi connectivity index (χ3v) is 15.7. The Balaban J connectivity index is 0.976. The lowest BCUT2D eigenvalue weighted by Gasteiger charge is -2.51. The Bertz CT molecular complexity index is 2780. The van der Waals surface area contributed by atoms with E-state index in [1.807, 2.05) is 65.7 Å². The normalized spacial score (nSPS) is 22.6. The van der Waals surface area contributed by atoms with Gasteiger partial charge in [-0.05, 0) is 147 Å². The molecule has 1 spiro atoms. The van der Waals surface area contributed by atoms with Crippen LogP contribution in [0.5, 0.6) is 11.5 Å². The van der Waals surface area contributed by atoms with Crippen LogP contribution in [0.25, 0.3) is 11.4 Å². The van der Waals surface area contributed by atoms with Gasteiger partial charge in [-0.3, -0.25) is 24.4 Å². The van der Waals surface area contributed by atoms with Gasteiger partial charge in [0.25, 0.3) is 5.91 Å². The number of piperazine rings is 1. The van der Waals surface area contributed by atoms with Crippen molar-refractivity contribution in [3.63, 3.8) is 0 Å². The van der Waals surface area contributed by atoms with E-state index in [4.69, 9.17) is 30.8 Å². The van der Waals surface area contributed by atoms with E-state index in [0.29, 0.717) is 80.1 Å². The van der Waals surface area contributed by atoms with Gasteiger partial charge in [0.2, 0.25) is 0 Å². The average Bonchev–Trinajstić information content (AvgIpc) is 3.66. The second-order valence-corrected chi connectivity index (χ2v) is 20.3. The van der Waals surface area contributed by atoms with Crippen LogP contribution in [-0.4, -0.2) is 101 Å². The Kier molecular flexibility index (Phi) is 14.5. The van der Waals surface area contributed by atoms with Crippen LogP contribution in [-0.2, 0) is 39.1 Å². The minimum absolute atomic E-state index is 0.0193. The molecule has 3 aromatic carbocycles. The zero-order valence-corrected chi connectivity index (χ0v) is 41.4. The van der Waals surface area contributed by atoms with Gasteiger partial charge in [0.1, 0.15) is 17.0 Å². The topological polar surface area (TPSA) is 127 Å². The van der Waals surface area contributed by atoms with E-state index >= 15 is 0 Å². The van der Waals surface area contributed by atoms with Crippen LogP contribution in [0.15, 0.2) is 91.3 Å². The molecule has 0 bridgehead atoms. The Hall–Kier alpha value is -6.06. The van der Waals surface area contributed by atoms with E-state index in [0.717, 1.165) is 60.2 Å². The maximum atomic E-state index is 14.6. The lowest BCUT2D eigenvalue weighted by molar-refractivity contribution is -0.174. The Morgan fingerprint density at radius 2 is 1.66 bits per heavy atom. The maximum Gasteiger partial charge on any atom is 0.471 e. The largest absolute Gasteiger partial charge is 0.496 e. The van der Waals surface area contributed by atoms with E-state index < -0.39 is 29.0 Å². The zero-order chi connectivity index (χ0) is 50.1. The standard InChI is InChI=1S/C55H60ClF3N6O6/c1-35(34-71-47-18-24-60-45-13-7-9-36(2)48(45)47)29-39-30-37-15-16-38(50(66)64-27-25-63(26-28-64)33-41-17-23-61-49(62-41)43-12-5-6-14-46(43)69-3)31-44(37)53(39)19-21-54(22-20-53,52(68)70-4)65(51(67)55(57,58)59)42-11-8-10-40(56)32-42/h5-6,8,10-12,14-18,23-24,31-32,35-36,39H,7,9,13,19-22,25-30,33-34H2,1-4H3/t35-,36-,39+,53?,54?/m1/s1. The minimum Gasteiger partial charge on any atom is -0.496 e. The van der Waals surface area contributed by atoms with Crippen molar-refractivity contribution in [1.82, 2.24) is 24.8 Å². The van der Waals surface area contributed by atoms with E-state index in [2.05, 4.69) is 28.7 Å². The van der Waals surface area contributed by atoms with E-state index in [9.17, 15) is 27.6 Å². The molecule has 3 aliphatic carbocycles. The number of fused-ring (bicyclic) bond motifs is 3. The van der Waals surface area contributed by atoms with Crippen molar-refractivity contribution in [2.24, 2.45) is 11.8 Å².